The predicted molar refractivity (Wildman–Crippen MR) is 110 cm³/mol. The fourth-order valence-electron chi connectivity index (χ4n) is 2.59. The molecule has 0 aliphatic heterocycles. The van der Waals surface area contributed by atoms with E-state index in [1.807, 2.05) is 0 Å². The van der Waals surface area contributed by atoms with Gasteiger partial charge in [-0.2, -0.15) is 0 Å². The molecule has 1 aliphatic rings. The third-order valence-corrected chi connectivity index (χ3v) is 6.14. The molecule has 1 saturated carbocycles. The molecule has 154 valence electrons. The van der Waals surface area contributed by atoms with Crippen LogP contribution in [0.3, 0.4) is 0 Å². The highest BCUT2D eigenvalue weighted by atomic mass is 35.5. The number of nitrogens with one attached hydrogen (secondary N) is 3. The molecule has 2 aromatic carbocycles. The first kappa shape index (κ1) is 21.3. The Morgan fingerprint density at radius 2 is 1.55 bits per heavy atom. The van der Waals surface area contributed by atoms with Gasteiger partial charge in [-0.15, -0.1) is 0 Å². The number of benzene rings is 2. The summed E-state index contributed by atoms with van der Waals surface area (Å²) in [6.45, 7) is 0.856. The molecule has 0 saturated heterocycles. The topological polar surface area (TPSA) is 104 Å². The van der Waals surface area contributed by atoms with Crippen LogP contribution >= 0.6 is 11.6 Å². The number of rotatable bonds is 9. The Labute approximate surface area is 174 Å². The van der Waals surface area contributed by atoms with Crippen LogP contribution in [-0.2, 0) is 10.0 Å². The van der Waals surface area contributed by atoms with Crippen molar-refractivity contribution in [3.63, 3.8) is 0 Å². The van der Waals surface area contributed by atoms with E-state index >= 15 is 0 Å². The lowest BCUT2D eigenvalue weighted by Gasteiger charge is -2.09. The van der Waals surface area contributed by atoms with E-state index in [-0.39, 0.29) is 29.5 Å². The lowest BCUT2D eigenvalue weighted by molar-refractivity contribution is 0.0927. The molecule has 2 amide bonds. The second-order valence-corrected chi connectivity index (χ2v) is 9.05. The molecule has 7 nitrogen and oxygen atoms in total. The number of sulfonamides is 1. The van der Waals surface area contributed by atoms with E-state index in [9.17, 15) is 18.0 Å². The van der Waals surface area contributed by atoms with Gasteiger partial charge in [0.2, 0.25) is 10.0 Å². The van der Waals surface area contributed by atoms with E-state index in [2.05, 4.69) is 15.4 Å². The molecule has 29 heavy (non-hydrogen) atoms. The van der Waals surface area contributed by atoms with Gasteiger partial charge in [0.05, 0.1) is 4.90 Å². The Hall–Kier alpha value is -2.42. The average molecular weight is 436 g/mol. The number of carbonyl (C=O) groups is 2. The molecular weight excluding hydrogens is 414 g/mol. The van der Waals surface area contributed by atoms with Crippen LogP contribution in [0.25, 0.3) is 0 Å². The SMILES string of the molecule is O=C(NCCNC(=O)c1cccc(S(=O)(=O)NCC2CC2)c1)c1ccc(Cl)cc1. The fraction of sp³-hybridized carbons (Fsp3) is 0.300. The zero-order chi connectivity index (χ0) is 20.9. The van der Waals surface area contributed by atoms with Crippen LogP contribution in [0, 0.1) is 5.92 Å². The van der Waals surface area contributed by atoms with Gasteiger partial charge in [-0.3, -0.25) is 9.59 Å². The average Bonchev–Trinajstić information content (AvgIpc) is 3.55. The van der Waals surface area contributed by atoms with Gasteiger partial charge in [0.1, 0.15) is 0 Å². The van der Waals surface area contributed by atoms with Gasteiger partial charge in [-0.25, -0.2) is 13.1 Å². The van der Waals surface area contributed by atoms with Gasteiger partial charge in [-0.05, 0) is 61.2 Å². The van der Waals surface area contributed by atoms with E-state index in [4.69, 9.17) is 11.6 Å². The number of amides is 2. The summed E-state index contributed by atoms with van der Waals surface area (Å²) in [4.78, 5) is 24.4. The van der Waals surface area contributed by atoms with Crippen molar-refractivity contribution in [1.82, 2.24) is 15.4 Å². The number of halogens is 1. The molecule has 0 heterocycles. The minimum atomic E-state index is -3.64. The molecule has 3 rings (SSSR count). The van der Waals surface area contributed by atoms with Crippen LogP contribution in [0.4, 0.5) is 0 Å². The Bertz CT molecular complexity index is 989. The Kier molecular flexibility index (Phi) is 6.89. The zero-order valence-electron chi connectivity index (χ0n) is 15.7. The molecular formula is C20H22ClN3O4S. The van der Waals surface area contributed by atoms with Crippen molar-refractivity contribution in [2.75, 3.05) is 19.6 Å². The molecule has 1 aliphatic carbocycles. The van der Waals surface area contributed by atoms with Gasteiger partial charge in [0, 0.05) is 35.8 Å². The van der Waals surface area contributed by atoms with E-state index < -0.39 is 15.9 Å². The van der Waals surface area contributed by atoms with E-state index in [1.54, 1.807) is 30.3 Å². The summed E-state index contributed by atoms with van der Waals surface area (Å²) in [6, 6.07) is 12.3. The molecule has 2 aromatic rings. The maximum absolute atomic E-state index is 12.3. The number of hydrogen-bond donors (Lipinski definition) is 3. The van der Waals surface area contributed by atoms with Gasteiger partial charge in [0.25, 0.3) is 11.8 Å². The highest BCUT2D eigenvalue weighted by Crippen LogP contribution is 2.28. The molecule has 1 fully saturated rings. The largest absolute Gasteiger partial charge is 0.350 e. The van der Waals surface area contributed by atoms with Crippen LogP contribution in [0.2, 0.25) is 5.02 Å². The van der Waals surface area contributed by atoms with Crippen LogP contribution in [-0.4, -0.2) is 39.9 Å². The number of hydrogen-bond acceptors (Lipinski definition) is 4. The van der Waals surface area contributed by atoms with E-state index in [0.29, 0.717) is 23.0 Å². The minimum Gasteiger partial charge on any atom is -0.350 e. The summed E-state index contributed by atoms with van der Waals surface area (Å²) < 4.78 is 27.2. The monoisotopic (exact) mass is 435 g/mol. The summed E-state index contributed by atoms with van der Waals surface area (Å²) in [5.41, 5.74) is 0.709. The predicted octanol–water partition coefficient (Wildman–Crippen LogP) is 2.19. The second-order valence-electron chi connectivity index (χ2n) is 6.84. The molecule has 0 radical (unpaired) electrons. The number of carbonyl (C=O) groups excluding carboxylic acids is 2. The first-order valence-electron chi connectivity index (χ1n) is 9.27. The van der Waals surface area contributed by atoms with Crippen LogP contribution in [0.15, 0.2) is 53.4 Å². The summed E-state index contributed by atoms with van der Waals surface area (Å²) in [5.74, 6) is -0.268. The summed E-state index contributed by atoms with van der Waals surface area (Å²) in [6.07, 6.45) is 2.08. The second kappa shape index (κ2) is 9.39. The first-order valence-corrected chi connectivity index (χ1v) is 11.1. The van der Waals surface area contributed by atoms with Crippen LogP contribution in [0.1, 0.15) is 33.6 Å². The third-order valence-electron chi connectivity index (χ3n) is 4.47. The van der Waals surface area contributed by atoms with Gasteiger partial charge >= 0.3 is 0 Å². The van der Waals surface area contributed by atoms with Crippen molar-refractivity contribution in [3.8, 4) is 0 Å². The van der Waals surface area contributed by atoms with Crippen molar-refractivity contribution in [2.24, 2.45) is 5.92 Å². The molecule has 0 atom stereocenters. The Morgan fingerprint density at radius 1 is 0.931 bits per heavy atom. The molecule has 3 N–H and O–H groups in total. The summed E-state index contributed by atoms with van der Waals surface area (Å²) in [5, 5.41) is 5.90. The quantitative estimate of drug-likeness (QED) is 0.525. The van der Waals surface area contributed by atoms with Gasteiger partial charge in [-0.1, -0.05) is 17.7 Å². The highest BCUT2D eigenvalue weighted by molar-refractivity contribution is 7.89. The normalized spacial score (nSPS) is 13.7. The van der Waals surface area contributed by atoms with Crippen molar-refractivity contribution >= 4 is 33.4 Å². The molecule has 0 spiro atoms. The molecule has 0 aromatic heterocycles. The van der Waals surface area contributed by atoms with Crippen LogP contribution in [0.5, 0.6) is 0 Å². The maximum Gasteiger partial charge on any atom is 0.251 e. The molecule has 0 bridgehead atoms. The summed E-state index contributed by atoms with van der Waals surface area (Å²) in [7, 11) is -3.64. The maximum atomic E-state index is 12.3. The van der Waals surface area contributed by atoms with Gasteiger partial charge < -0.3 is 10.6 Å². The smallest absolute Gasteiger partial charge is 0.251 e. The Morgan fingerprint density at radius 3 is 2.17 bits per heavy atom. The lowest BCUT2D eigenvalue weighted by atomic mass is 10.2. The van der Waals surface area contributed by atoms with Crippen molar-refractivity contribution in [3.05, 3.63) is 64.7 Å². The first-order chi connectivity index (χ1) is 13.8. The van der Waals surface area contributed by atoms with Crippen molar-refractivity contribution in [1.29, 1.82) is 0 Å². The minimum absolute atomic E-state index is 0.0573. The summed E-state index contributed by atoms with van der Waals surface area (Å²) >= 11 is 5.79. The standard InChI is InChI=1S/C20H22ClN3O4S/c21-17-8-6-15(7-9-17)19(25)22-10-11-23-20(26)16-2-1-3-18(12-16)29(27,28)24-13-14-4-5-14/h1-3,6-9,12,14,24H,4-5,10-11,13H2,(H,22,25)(H,23,26). The zero-order valence-corrected chi connectivity index (χ0v) is 17.2. The van der Waals surface area contributed by atoms with Gasteiger partial charge in [0.15, 0.2) is 0 Å². The van der Waals surface area contributed by atoms with E-state index in [1.165, 1.54) is 18.2 Å². The Balaban J connectivity index is 1.49. The van der Waals surface area contributed by atoms with Crippen molar-refractivity contribution < 1.29 is 18.0 Å². The third kappa shape index (κ3) is 6.28. The lowest BCUT2D eigenvalue weighted by Crippen LogP contribution is -2.34. The van der Waals surface area contributed by atoms with Crippen molar-refractivity contribution in [2.45, 2.75) is 17.7 Å². The molecule has 9 heteroatoms. The van der Waals surface area contributed by atoms with Crippen LogP contribution < -0.4 is 15.4 Å². The van der Waals surface area contributed by atoms with E-state index in [0.717, 1.165) is 12.8 Å². The highest BCUT2D eigenvalue weighted by Gasteiger charge is 2.24. The molecule has 0 unspecified atom stereocenters. The fourth-order valence-corrected chi connectivity index (χ4v) is 3.88.